The molecule has 3 aromatic carbocycles. The summed E-state index contributed by atoms with van der Waals surface area (Å²) >= 11 is 0. The lowest BCUT2D eigenvalue weighted by atomic mass is 9.87. The molecule has 1 aromatic heterocycles. The van der Waals surface area contributed by atoms with E-state index >= 15 is 0 Å². The lowest BCUT2D eigenvalue weighted by molar-refractivity contribution is -0.126. The Morgan fingerprint density at radius 1 is 0.956 bits per heavy atom. The third-order valence-electron chi connectivity index (χ3n) is 7.68. The molecule has 0 bridgehead atoms. The number of fused-ring (bicyclic) bond motifs is 1. The van der Waals surface area contributed by atoms with Crippen molar-refractivity contribution in [1.82, 2.24) is 20.6 Å². The van der Waals surface area contributed by atoms with Gasteiger partial charge in [0, 0.05) is 18.0 Å². The number of amides is 2. The van der Waals surface area contributed by atoms with Crippen molar-refractivity contribution in [3.63, 3.8) is 0 Å². The van der Waals surface area contributed by atoms with E-state index in [1.54, 1.807) is 24.3 Å². The summed E-state index contributed by atoms with van der Waals surface area (Å²) in [5, 5.41) is 17.4. The van der Waals surface area contributed by atoms with Crippen molar-refractivity contribution in [3.8, 4) is 11.5 Å². The molecule has 1 heterocycles. The number of carbonyl (C=O) groups excluding carboxylic acids is 2. The minimum absolute atomic E-state index is 0.00165. The molecule has 2 amide bonds. The lowest BCUT2D eigenvalue weighted by Gasteiger charge is -2.28. The molecule has 0 radical (unpaired) electrons. The van der Waals surface area contributed by atoms with Crippen LogP contribution in [0.25, 0.3) is 11.0 Å². The number of para-hydroxylation sites is 3. The molecular weight excluding hydrogens is 575 g/mol. The highest BCUT2D eigenvalue weighted by Crippen LogP contribution is 2.31. The number of nitrogens with one attached hydrogen (secondary N) is 2. The molecule has 3 N–H and O–H groups in total. The highest BCUT2D eigenvalue weighted by molar-refractivity contribution is 5.94. The number of aliphatic hydroxyl groups is 1. The van der Waals surface area contributed by atoms with Crippen LogP contribution >= 0.6 is 0 Å². The first-order chi connectivity index (χ1) is 21.6. The van der Waals surface area contributed by atoms with Gasteiger partial charge in [-0.2, -0.15) is 0 Å². The van der Waals surface area contributed by atoms with Crippen LogP contribution in [0.2, 0.25) is 0 Å². The highest BCUT2D eigenvalue weighted by atomic mass is 19.1. The highest BCUT2D eigenvalue weighted by Gasteiger charge is 2.31. The van der Waals surface area contributed by atoms with E-state index in [4.69, 9.17) is 9.47 Å². The second kappa shape index (κ2) is 15.4. The number of hydrogen-bond donors (Lipinski definition) is 3. The first-order valence-electron chi connectivity index (χ1n) is 15.0. The number of hydrogen-bond acceptors (Lipinski definition) is 7. The summed E-state index contributed by atoms with van der Waals surface area (Å²) in [5.41, 5.74) is 1.43. The van der Waals surface area contributed by atoms with Gasteiger partial charge in [-0.1, -0.05) is 54.6 Å². The number of alkyl halides is 1. The summed E-state index contributed by atoms with van der Waals surface area (Å²) in [6.07, 6.45) is 0.881. The van der Waals surface area contributed by atoms with Crippen LogP contribution in [0.4, 0.5) is 4.39 Å². The van der Waals surface area contributed by atoms with Gasteiger partial charge in [-0.15, -0.1) is 0 Å². The van der Waals surface area contributed by atoms with E-state index < -0.39 is 29.6 Å². The molecule has 0 aliphatic heterocycles. The van der Waals surface area contributed by atoms with Gasteiger partial charge >= 0.3 is 0 Å². The first kappa shape index (κ1) is 33.3. The van der Waals surface area contributed by atoms with Gasteiger partial charge in [0.2, 0.25) is 5.91 Å². The molecule has 0 saturated carbocycles. The summed E-state index contributed by atoms with van der Waals surface area (Å²) in [5.74, 6) is -0.532. The Kier molecular flexibility index (Phi) is 11.4. The molecular formula is C35H41FN4O5. The van der Waals surface area contributed by atoms with Gasteiger partial charge < -0.3 is 25.2 Å². The van der Waals surface area contributed by atoms with Crippen LogP contribution in [-0.4, -0.2) is 58.9 Å². The minimum atomic E-state index is -1.51. The monoisotopic (exact) mass is 616 g/mol. The molecule has 0 unspecified atom stereocenters. The van der Waals surface area contributed by atoms with Crippen molar-refractivity contribution < 1.29 is 28.6 Å². The summed E-state index contributed by atoms with van der Waals surface area (Å²) < 4.78 is 25.5. The zero-order valence-electron chi connectivity index (χ0n) is 26.1. The zero-order chi connectivity index (χ0) is 32.4. The number of aromatic nitrogens is 2. The predicted octanol–water partition coefficient (Wildman–Crippen LogP) is 5.20. The number of aliphatic hydroxyl groups excluding tert-OH is 1. The van der Waals surface area contributed by atoms with Crippen LogP contribution in [0.5, 0.6) is 11.5 Å². The van der Waals surface area contributed by atoms with Crippen LogP contribution in [0.1, 0.15) is 54.7 Å². The Morgan fingerprint density at radius 2 is 1.67 bits per heavy atom. The number of ether oxygens (including phenoxy) is 2. The van der Waals surface area contributed by atoms with Crippen molar-refractivity contribution in [2.45, 2.75) is 63.9 Å². The second-order valence-corrected chi connectivity index (χ2v) is 11.6. The minimum Gasteiger partial charge on any atom is -0.493 e. The van der Waals surface area contributed by atoms with E-state index in [2.05, 4.69) is 20.6 Å². The van der Waals surface area contributed by atoms with Crippen LogP contribution < -0.4 is 20.1 Å². The molecule has 4 aromatic rings. The molecule has 9 nitrogen and oxygen atoms in total. The Bertz CT molecular complexity index is 1580. The van der Waals surface area contributed by atoms with Gasteiger partial charge in [0.25, 0.3) is 5.91 Å². The van der Waals surface area contributed by atoms with E-state index in [1.807, 2.05) is 48.5 Å². The van der Waals surface area contributed by atoms with Gasteiger partial charge in [0.1, 0.15) is 11.4 Å². The molecule has 0 fully saturated rings. The van der Waals surface area contributed by atoms with Gasteiger partial charge in [-0.3, -0.25) is 14.6 Å². The van der Waals surface area contributed by atoms with Gasteiger partial charge in [-0.25, -0.2) is 9.37 Å². The largest absolute Gasteiger partial charge is 0.493 e. The van der Waals surface area contributed by atoms with E-state index in [9.17, 15) is 19.1 Å². The number of methoxy groups -OCH3 is 2. The Morgan fingerprint density at radius 3 is 2.36 bits per heavy atom. The van der Waals surface area contributed by atoms with E-state index in [1.165, 1.54) is 34.3 Å². The maximum absolute atomic E-state index is 14.6. The first-order valence-corrected chi connectivity index (χ1v) is 15.0. The molecule has 3 atom stereocenters. The van der Waals surface area contributed by atoms with E-state index in [0.717, 1.165) is 5.56 Å². The summed E-state index contributed by atoms with van der Waals surface area (Å²) in [6.45, 7) is 3.07. The van der Waals surface area contributed by atoms with E-state index in [-0.39, 0.29) is 37.4 Å². The zero-order valence-corrected chi connectivity index (χ0v) is 26.1. The molecule has 4 rings (SSSR count). The fourth-order valence-corrected chi connectivity index (χ4v) is 5.21. The topological polar surface area (TPSA) is 123 Å². The molecule has 0 aliphatic rings. The van der Waals surface area contributed by atoms with Crippen LogP contribution in [-0.2, 0) is 17.8 Å². The predicted molar refractivity (Wildman–Crippen MR) is 171 cm³/mol. The van der Waals surface area contributed by atoms with Crippen molar-refractivity contribution in [2.24, 2.45) is 5.92 Å². The molecule has 0 aliphatic carbocycles. The summed E-state index contributed by atoms with van der Waals surface area (Å²) in [4.78, 5) is 35.7. The number of carbonyl (C=O) groups is 2. The summed E-state index contributed by atoms with van der Waals surface area (Å²) in [6, 6.07) is 21.3. The molecule has 45 heavy (non-hydrogen) atoms. The van der Waals surface area contributed by atoms with Crippen molar-refractivity contribution in [3.05, 3.63) is 95.8 Å². The Hall–Kier alpha value is -4.57. The number of halogens is 1. The van der Waals surface area contributed by atoms with Crippen molar-refractivity contribution in [1.29, 1.82) is 0 Å². The Balaban J connectivity index is 1.54. The van der Waals surface area contributed by atoms with Crippen LogP contribution in [0.15, 0.2) is 79.0 Å². The van der Waals surface area contributed by atoms with Crippen molar-refractivity contribution >= 4 is 22.8 Å². The maximum Gasteiger partial charge on any atom is 0.271 e. The SMILES string of the molecule is COc1cccc(CNC(=O)[C@H](CCC(C)(C)F)C[C@H](O)[C@H](Cc2ccccc2)NC(=O)c2cnc3ccccc3n2)c1OC. The average Bonchev–Trinajstić information content (AvgIpc) is 3.04. The fraction of sp³-hybridized carbons (Fsp3) is 0.371. The van der Waals surface area contributed by atoms with Crippen molar-refractivity contribution in [2.75, 3.05) is 14.2 Å². The van der Waals surface area contributed by atoms with Crippen LogP contribution in [0.3, 0.4) is 0 Å². The van der Waals surface area contributed by atoms with Gasteiger partial charge in [0.15, 0.2) is 11.5 Å². The molecule has 238 valence electrons. The van der Waals surface area contributed by atoms with Crippen LogP contribution in [0, 0.1) is 5.92 Å². The Labute approximate surface area is 263 Å². The third-order valence-corrected chi connectivity index (χ3v) is 7.68. The number of benzene rings is 3. The molecule has 10 heteroatoms. The fourth-order valence-electron chi connectivity index (χ4n) is 5.21. The molecule has 0 spiro atoms. The van der Waals surface area contributed by atoms with Gasteiger partial charge in [-0.05, 0) is 63.3 Å². The lowest BCUT2D eigenvalue weighted by Crippen LogP contribution is -2.47. The second-order valence-electron chi connectivity index (χ2n) is 11.6. The van der Waals surface area contributed by atoms with E-state index in [0.29, 0.717) is 34.5 Å². The average molecular weight is 617 g/mol. The standard InChI is InChI=1S/C35H41FN4O5/c1-35(2,36)18-17-24(33(42)38-21-25-13-10-16-31(44-3)32(25)45-4)20-30(41)28(19-23-11-6-5-7-12-23)40-34(43)29-22-37-26-14-8-9-15-27(26)39-29/h5-16,22,24,28,30,41H,17-21H2,1-4H3,(H,38,42)(H,40,43)/t24-,28+,30+/m1/s1. The molecule has 0 saturated heterocycles. The quantitative estimate of drug-likeness (QED) is 0.168. The third kappa shape index (κ3) is 9.46. The maximum atomic E-state index is 14.6. The van der Waals surface area contributed by atoms with Gasteiger partial charge in [0.05, 0.1) is 43.6 Å². The number of rotatable bonds is 15. The smallest absolute Gasteiger partial charge is 0.271 e. The normalized spacial score (nSPS) is 13.5. The summed E-state index contributed by atoms with van der Waals surface area (Å²) in [7, 11) is 3.06. The number of nitrogens with zero attached hydrogens (tertiary/aromatic N) is 2.